The molecular weight excluding hydrogens is 623 g/mol. The summed E-state index contributed by atoms with van der Waals surface area (Å²) in [4.78, 5) is 13.8. The fourth-order valence-corrected chi connectivity index (χ4v) is 4.71. The van der Waals surface area contributed by atoms with Gasteiger partial charge in [0.25, 0.3) is 0 Å². The number of halogens is 3. The topological polar surface area (TPSA) is 40.0 Å². The highest BCUT2D eigenvalue weighted by Gasteiger charge is 2.16. The number of unbranched alkanes of at least 4 members (excludes halogenated alkanes) is 1. The average Bonchev–Trinajstić information content (AvgIpc) is 2.51. The van der Waals surface area contributed by atoms with Gasteiger partial charge in [-0.15, -0.1) is 0 Å². The first-order valence-electron chi connectivity index (χ1n) is 7.31. The number of benzene rings is 1. The second kappa shape index (κ2) is 9.94. The minimum Gasteiger partial charge on any atom is -0.462 e. The zero-order valence-corrected chi connectivity index (χ0v) is 18.6. The first kappa shape index (κ1) is 19.1. The van der Waals surface area contributed by atoms with Crippen LogP contribution < -0.4 is 4.90 Å². The SMILES string of the molecule is O=C(OCCCC[NH+]1CCOCC1)c1cc(I)cc(I)c1I. The maximum atomic E-state index is 12.2. The van der Waals surface area contributed by atoms with Crippen molar-refractivity contribution in [2.24, 2.45) is 0 Å². The number of esters is 1. The van der Waals surface area contributed by atoms with Gasteiger partial charge in [-0.2, -0.15) is 0 Å². The van der Waals surface area contributed by atoms with Crippen molar-refractivity contribution in [2.75, 3.05) is 39.5 Å². The third-order valence-corrected chi connectivity index (χ3v) is 7.24. The van der Waals surface area contributed by atoms with E-state index in [0.29, 0.717) is 12.2 Å². The standard InChI is InChI=1S/C15H18I3NO3/c16-11-9-12(14(18)13(17)10-11)15(20)22-6-2-1-3-19-4-7-21-8-5-19/h9-10H,1-8H2/p+1. The maximum absolute atomic E-state index is 12.2. The summed E-state index contributed by atoms with van der Waals surface area (Å²) >= 11 is 6.69. The molecule has 1 aliphatic heterocycles. The molecule has 0 saturated carbocycles. The molecule has 4 nitrogen and oxygen atoms in total. The van der Waals surface area contributed by atoms with Crippen LogP contribution in [0.3, 0.4) is 0 Å². The normalized spacial score (nSPS) is 15.8. The number of ether oxygens (including phenoxy) is 2. The quantitative estimate of drug-likeness (QED) is 0.225. The molecule has 0 aliphatic carbocycles. The highest BCUT2D eigenvalue weighted by molar-refractivity contribution is 14.1. The minimum atomic E-state index is -0.209. The molecule has 0 aromatic heterocycles. The summed E-state index contributed by atoms with van der Waals surface area (Å²) in [6.45, 7) is 5.57. The van der Waals surface area contributed by atoms with Crippen molar-refractivity contribution >= 4 is 73.7 Å². The lowest BCUT2D eigenvalue weighted by molar-refractivity contribution is -0.908. The van der Waals surface area contributed by atoms with Crippen LogP contribution in [0.2, 0.25) is 0 Å². The van der Waals surface area contributed by atoms with E-state index < -0.39 is 0 Å². The van der Waals surface area contributed by atoms with Gasteiger partial charge >= 0.3 is 5.97 Å². The van der Waals surface area contributed by atoms with Crippen LogP contribution in [0.1, 0.15) is 23.2 Å². The van der Waals surface area contributed by atoms with E-state index >= 15 is 0 Å². The smallest absolute Gasteiger partial charge is 0.339 e. The molecular formula is C15H19I3NO3+. The van der Waals surface area contributed by atoms with Crippen molar-refractivity contribution in [1.82, 2.24) is 0 Å². The van der Waals surface area contributed by atoms with Crippen LogP contribution in [-0.2, 0) is 9.47 Å². The van der Waals surface area contributed by atoms with Gasteiger partial charge in [0.2, 0.25) is 0 Å². The molecule has 0 bridgehead atoms. The number of hydrogen-bond donors (Lipinski definition) is 1. The van der Waals surface area contributed by atoms with Crippen LogP contribution >= 0.6 is 67.8 Å². The van der Waals surface area contributed by atoms with Gasteiger partial charge in [0.15, 0.2) is 0 Å². The Balaban J connectivity index is 1.71. The maximum Gasteiger partial charge on any atom is 0.339 e. The average molecular weight is 642 g/mol. The van der Waals surface area contributed by atoms with Crippen LogP contribution in [0.15, 0.2) is 12.1 Å². The summed E-state index contributed by atoms with van der Waals surface area (Å²) in [5.74, 6) is -0.209. The Morgan fingerprint density at radius 2 is 1.91 bits per heavy atom. The molecule has 0 spiro atoms. The monoisotopic (exact) mass is 642 g/mol. The largest absolute Gasteiger partial charge is 0.462 e. The molecule has 0 radical (unpaired) electrons. The van der Waals surface area contributed by atoms with E-state index in [1.807, 2.05) is 6.07 Å². The van der Waals surface area contributed by atoms with Crippen LogP contribution in [0.5, 0.6) is 0 Å². The second-order valence-corrected chi connectivity index (χ2v) is 8.69. The van der Waals surface area contributed by atoms with E-state index in [1.54, 1.807) is 4.90 Å². The van der Waals surface area contributed by atoms with Gasteiger partial charge in [-0.1, -0.05) is 0 Å². The zero-order chi connectivity index (χ0) is 15.9. The molecule has 1 fully saturated rings. The summed E-state index contributed by atoms with van der Waals surface area (Å²) in [5, 5.41) is 0. The third-order valence-electron chi connectivity index (χ3n) is 3.57. The number of carbonyl (C=O) groups is 1. The van der Waals surface area contributed by atoms with E-state index in [0.717, 1.165) is 56.4 Å². The number of quaternary nitrogens is 1. The predicted molar refractivity (Wildman–Crippen MR) is 110 cm³/mol. The first-order valence-corrected chi connectivity index (χ1v) is 10.5. The van der Waals surface area contributed by atoms with Crippen molar-refractivity contribution in [3.8, 4) is 0 Å². The molecule has 2 rings (SSSR count). The Bertz CT molecular complexity index is 519. The molecule has 1 heterocycles. The Kier molecular flexibility index (Phi) is 8.64. The lowest BCUT2D eigenvalue weighted by atomic mass is 10.2. The van der Waals surface area contributed by atoms with Crippen LogP contribution in [0, 0.1) is 10.7 Å². The fourth-order valence-electron chi connectivity index (χ4n) is 2.33. The van der Waals surface area contributed by atoms with Gasteiger partial charge in [-0.3, -0.25) is 0 Å². The van der Waals surface area contributed by atoms with Crippen LogP contribution in [0.4, 0.5) is 0 Å². The number of nitrogens with one attached hydrogen (secondary N) is 1. The summed E-state index contributed by atoms with van der Waals surface area (Å²) < 4.78 is 13.9. The summed E-state index contributed by atoms with van der Waals surface area (Å²) in [6, 6.07) is 3.95. The molecule has 7 heteroatoms. The highest BCUT2D eigenvalue weighted by Crippen LogP contribution is 2.23. The molecule has 1 aromatic rings. The summed E-state index contributed by atoms with van der Waals surface area (Å²) in [6.07, 6.45) is 2.01. The lowest BCUT2D eigenvalue weighted by Crippen LogP contribution is -3.14. The minimum absolute atomic E-state index is 0.209. The van der Waals surface area contributed by atoms with Crippen molar-refractivity contribution in [3.05, 3.63) is 28.4 Å². The van der Waals surface area contributed by atoms with E-state index in [1.165, 1.54) is 0 Å². The van der Waals surface area contributed by atoms with E-state index in [2.05, 4.69) is 73.8 Å². The fraction of sp³-hybridized carbons (Fsp3) is 0.533. The number of hydrogen-bond acceptors (Lipinski definition) is 3. The number of morpholine rings is 1. The molecule has 1 N–H and O–H groups in total. The van der Waals surface area contributed by atoms with Crippen molar-refractivity contribution in [2.45, 2.75) is 12.8 Å². The summed E-state index contributed by atoms with van der Waals surface area (Å²) in [7, 11) is 0. The first-order chi connectivity index (χ1) is 10.6. The predicted octanol–water partition coefficient (Wildman–Crippen LogP) is 2.35. The van der Waals surface area contributed by atoms with Gasteiger partial charge < -0.3 is 14.4 Å². The van der Waals surface area contributed by atoms with Crippen LogP contribution in [-0.4, -0.2) is 45.4 Å². The Hall–Kier alpha value is 0.800. The number of carbonyl (C=O) groups excluding carboxylic acids is 1. The van der Waals surface area contributed by atoms with Gasteiger partial charge in [-0.25, -0.2) is 4.79 Å². The van der Waals surface area contributed by atoms with Gasteiger partial charge in [0.05, 0.1) is 31.9 Å². The summed E-state index contributed by atoms with van der Waals surface area (Å²) in [5.41, 5.74) is 0.677. The van der Waals surface area contributed by atoms with Crippen molar-refractivity contribution in [1.29, 1.82) is 0 Å². The van der Waals surface area contributed by atoms with Crippen LogP contribution in [0.25, 0.3) is 0 Å². The van der Waals surface area contributed by atoms with Crippen molar-refractivity contribution < 1.29 is 19.2 Å². The molecule has 0 unspecified atom stereocenters. The zero-order valence-electron chi connectivity index (χ0n) is 12.2. The second-order valence-electron chi connectivity index (χ2n) is 5.20. The van der Waals surface area contributed by atoms with Crippen molar-refractivity contribution in [3.63, 3.8) is 0 Å². The molecule has 122 valence electrons. The van der Waals surface area contributed by atoms with E-state index in [-0.39, 0.29) is 5.97 Å². The lowest BCUT2D eigenvalue weighted by Gasteiger charge is -2.23. The molecule has 1 aromatic carbocycles. The Morgan fingerprint density at radius 3 is 2.64 bits per heavy atom. The third kappa shape index (κ3) is 6.02. The molecule has 1 aliphatic rings. The Morgan fingerprint density at radius 1 is 1.18 bits per heavy atom. The highest BCUT2D eigenvalue weighted by atomic mass is 127. The molecule has 0 atom stereocenters. The molecule has 1 saturated heterocycles. The molecule has 22 heavy (non-hydrogen) atoms. The molecule has 0 amide bonds. The van der Waals surface area contributed by atoms with Gasteiger partial charge in [-0.05, 0) is 92.7 Å². The van der Waals surface area contributed by atoms with E-state index in [4.69, 9.17) is 9.47 Å². The van der Waals surface area contributed by atoms with Gasteiger partial charge in [0.1, 0.15) is 13.1 Å². The van der Waals surface area contributed by atoms with E-state index in [9.17, 15) is 4.79 Å². The van der Waals surface area contributed by atoms with Gasteiger partial charge in [0, 0.05) is 10.7 Å². The Labute approximate surface area is 172 Å². The number of rotatable bonds is 6.